The van der Waals surface area contributed by atoms with E-state index < -0.39 is 0 Å². The summed E-state index contributed by atoms with van der Waals surface area (Å²) < 4.78 is 5.80. The summed E-state index contributed by atoms with van der Waals surface area (Å²) >= 11 is 6.02. The summed E-state index contributed by atoms with van der Waals surface area (Å²) in [4.78, 5) is 11.8. The highest BCUT2D eigenvalue weighted by atomic mass is 35.5. The van der Waals surface area contributed by atoms with Crippen molar-refractivity contribution in [2.75, 3.05) is 17.7 Å². The molecular weight excluding hydrogens is 288 g/mol. The number of carbonyl (C=O) groups excluding carboxylic acids is 1. The first-order valence-electron chi connectivity index (χ1n) is 7.61. The van der Waals surface area contributed by atoms with Crippen molar-refractivity contribution >= 4 is 28.9 Å². The number of anilines is 2. The van der Waals surface area contributed by atoms with Gasteiger partial charge in [-0.15, -0.1) is 0 Å². The van der Waals surface area contributed by atoms with Crippen LogP contribution in [0.25, 0.3) is 0 Å². The maximum absolute atomic E-state index is 11.8. The van der Waals surface area contributed by atoms with E-state index in [1.807, 2.05) is 0 Å². The van der Waals surface area contributed by atoms with Crippen molar-refractivity contribution in [3.63, 3.8) is 0 Å². The Morgan fingerprint density at radius 1 is 1.33 bits per heavy atom. The summed E-state index contributed by atoms with van der Waals surface area (Å²) in [5.41, 5.74) is 6.80. The van der Waals surface area contributed by atoms with Gasteiger partial charge in [-0.05, 0) is 37.5 Å². The molecule has 21 heavy (non-hydrogen) atoms. The Kier molecular flexibility index (Phi) is 6.33. The minimum atomic E-state index is -0.0473. The van der Waals surface area contributed by atoms with E-state index in [-0.39, 0.29) is 5.91 Å². The van der Waals surface area contributed by atoms with E-state index in [9.17, 15) is 4.79 Å². The van der Waals surface area contributed by atoms with Crippen molar-refractivity contribution in [3.8, 4) is 0 Å². The highest BCUT2D eigenvalue weighted by Gasteiger charge is 2.13. The van der Waals surface area contributed by atoms with E-state index in [0.717, 1.165) is 19.3 Å². The molecule has 1 aromatic rings. The average Bonchev–Trinajstić information content (AvgIpc) is 2.48. The second kappa shape index (κ2) is 8.25. The second-order valence-electron chi connectivity index (χ2n) is 5.52. The van der Waals surface area contributed by atoms with Crippen LogP contribution >= 0.6 is 11.6 Å². The number of nitrogens with two attached hydrogens (primary N) is 1. The monoisotopic (exact) mass is 310 g/mol. The topological polar surface area (TPSA) is 64.3 Å². The van der Waals surface area contributed by atoms with Crippen LogP contribution < -0.4 is 11.1 Å². The van der Waals surface area contributed by atoms with Gasteiger partial charge in [0.05, 0.1) is 16.8 Å². The normalized spacial score (nSPS) is 15.9. The lowest BCUT2D eigenvalue weighted by Crippen LogP contribution is -2.18. The van der Waals surface area contributed by atoms with Crippen LogP contribution in [0, 0.1) is 0 Å². The highest BCUT2D eigenvalue weighted by molar-refractivity contribution is 6.34. The molecule has 116 valence electrons. The van der Waals surface area contributed by atoms with Crippen molar-refractivity contribution in [2.45, 2.75) is 51.0 Å². The van der Waals surface area contributed by atoms with Crippen molar-refractivity contribution in [1.29, 1.82) is 0 Å². The molecule has 1 amide bonds. The van der Waals surface area contributed by atoms with Crippen molar-refractivity contribution in [2.24, 2.45) is 0 Å². The third-order valence-corrected chi connectivity index (χ3v) is 4.03. The van der Waals surface area contributed by atoms with Gasteiger partial charge in [-0.3, -0.25) is 4.79 Å². The quantitative estimate of drug-likeness (QED) is 0.617. The molecule has 0 aliphatic heterocycles. The van der Waals surface area contributed by atoms with Crippen molar-refractivity contribution in [1.82, 2.24) is 0 Å². The molecule has 2 rings (SSSR count). The number of amides is 1. The van der Waals surface area contributed by atoms with Crippen LogP contribution in [-0.2, 0) is 9.53 Å². The Hall–Kier alpha value is -1.26. The number of hydrogen-bond donors (Lipinski definition) is 2. The third-order valence-electron chi connectivity index (χ3n) is 3.72. The number of nitrogen functional groups attached to an aromatic ring is 1. The minimum absolute atomic E-state index is 0.0473. The third kappa shape index (κ3) is 5.56. The second-order valence-corrected chi connectivity index (χ2v) is 5.93. The van der Waals surface area contributed by atoms with Gasteiger partial charge < -0.3 is 15.8 Å². The average molecular weight is 311 g/mol. The van der Waals surface area contributed by atoms with Crippen LogP contribution in [0.4, 0.5) is 11.4 Å². The van der Waals surface area contributed by atoms with Gasteiger partial charge in [0, 0.05) is 18.7 Å². The Morgan fingerprint density at radius 2 is 2.10 bits per heavy atom. The highest BCUT2D eigenvalue weighted by Crippen LogP contribution is 2.24. The molecule has 0 saturated heterocycles. The van der Waals surface area contributed by atoms with Crippen LogP contribution in [0.1, 0.15) is 44.9 Å². The van der Waals surface area contributed by atoms with E-state index in [4.69, 9.17) is 22.1 Å². The molecule has 3 N–H and O–H groups in total. The predicted octanol–water partition coefficient (Wildman–Crippen LogP) is 3.99. The van der Waals surface area contributed by atoms with Crippen molar-refractivity contribution in [3.05, 3.63) is 23.2 Å². The number of rotatable bonds is 6. The Labute approximate surface area is 131 Å². The lowest BCUT2D eigenvalue weighted by Gasteiger charge is -2.21. The first kappa shape index (κ1) is 16.1. The number of ether oxygens (including phenoxy) is 1. The number of halogens is 1. The van der Waals surface area contributed by atoms with Gasteiger partial charge in [0.25, 0.3) is 0 Å². The zero-order valence-electron chi connectivity index (χ0n) is 12.2. The summed E-state index contributed by atoms with van der Waals surface area (Å²) in [5, 5.41) is 3.25. The van der Waals surface area contributed by atoms with Gasteiger partial charge in [0.1, 0.15) is 0 Å². The van der Waals surface area contributed by atoms with Crippen LogP contribution in [0.5, 0.6) is 0 Å². The zero-order valence-corrected chi connectivity index (χ0v) is 13.0. The van der Waals surface area contributed by atoms with Gasteiger partial charge in [-0.1, -0.05) is 30.9 Å². The molecule has 0 heterocycles. The van der Waals surface area contributed by atoms with Crippen molar-refractivity contribution < 1.29 is 9.53 Å². The molecule has 5 heteroatoms. The number of benzene rings is 1. The van der Waals surface area contributed by atoms with Crippen LogP contribution in [0.2, 0.25) is 5.02 Å². The molecule has 0 aromatic heterocycles. The lowest BCUT2D eigenvalue weighted by molar-refractivity contribution is -0.116. The van der Waals surface area contributed by atoms with Crippen LogP contribution in [0.15, 0.2) is 18.2 Å². The summed E-state index contributed by atoms with van der Waals surface area (Å²) in [7, 11) is 0. The smallest absolute Gasteiger partial charge is 0.224 e. The summed E-state index contributed by atoms with van der Waals surface area (Å²) in [6.07, 6.45) is 7.74. The zero-order chi connectivity index (χ0) is 15.1. The lowest BCUT2D eigenvalue weighted by atomic mass is 9.98. The molecule has 1 aliphatic rings. The molecule has 1 fully saturated rings. The van der Waals surface area contributed by atoms with E-state index in [2.05, 4.69) is 5.32 Å². The van der Waals surface area contributed by atoms with Gasteiger partial charge in [-0.2, -0.15) is 0 Å². The molecule has 0 spiro atoms. The van der Waals surface area contributed by atoms with E-state index in [0.29, 0.717) is 35.5 Å². The number of nitrogens with one attached hydrogen (secondary N) is 1. The van der Waals surface area contributed by atoms with E-state index in [1.165, 1.54) is 19.3 Å². The van der Waals surface area contributed by atoms with Crippen LogP contribution in [0.3, 0.4) is 0 Å². The maximum Gasteiger partial charge on any atom is 0.224 e. The van der Waals surface area contributed by atoms with Gasteiger partial charge >= 0.3 is 0 Å². The van der Waals surface area contributed by atoms with E-state index in [1.54, 1.807) is 18.2 Å². The number of carbonyl (C=O) groups is 1. The molecule has 0 unspecified atom stereocenters. The molecule has 0 bridgehead atoms. The standard InChI is InChI=1S/C16H23ClN2O2/c17-14-11-12(18)8-9-15(14)19-16(20)7-4-10-21-13-5-2-1-3-6-13/h8-9,11,13H,1-7,10,18H2,(H,19,20). The first-order chi connectivity index (χ1) is 10.1. The van der Waals surface area contributed by atoms with Gasteiger partial charge in [0.2, 0.25) is 5.91 Å². The molecule has 1 aromatic carbocycles. The van der Waals surface area contributed by atoms with Gasteiger partial charge in [-0.25, -0.2) is 0 Å². The fourth-order valence-electron chi connectivity index (χ4n) is 2.56. The summed E-state index contributed by atoms with van der Waals surface area (Å²) in [6.45, 7) is 0.646. The number of hydrogen-bond acceptors (Lipinski definition) is 3. The fourth-order valence-corrected chi connectivity index (χ4v) is 2.80. The summed E-state index contributed by atoms with van der Waals surface area (Å²) in [5.74, 6) is -0.0473. The fraction of sp³-hybridized carbons (Fsp3) is 0.562. The molecule has 4 nitrogen and oxygen atoms in total. The first-order valence-corrected chi connectivity index (χ1v) is 7.99. The Balaban J connectivity index is 1.65. The van der Waals surface area contributed by atoms with Crippen LogP contribution in [-0.4, -0.2) is 18.6 Å². The van der Waals surface area contributed by atoms with E-state index >= 15 is 0 Å². The Morgan fingerprint density at radius 3 is 2.81 bits per heavy atom. The van der Waals surface area contributed by atoms with Gasteiger partial charge in [0.15, 0.2) is 0 Å². The largest absolute Gasteiger partial charge is 0.399 e. The molecule has 0 atom stereocenters. The Bertz CT molecular complexity index is 473. The maximum atomic E-state index is 11.8. The molecular formula is C16H23ClN2O2. The molecule has 1 aliphatic carbocycles. The minimum Gasteiger partial charge on any atom is -0.399 e. The molecule has 1 saturated carbocycles. The summed E-state index contributed by atoms with van der Waals surface area (Å²) in [6, 6.07) is 5.06. The molecule has 0 radical (unpaired) electrons. The predicted molar refractivity (Wildman–Crippen MR) is 86.6 cm³/mol. The SMILES string of the molecule is Nc1ccc(NC(=O)CCCOC2CCCCC2)c(Cl)c1.